The molecule has 0 aromatic heterocycles. The molecule has 92 valence electrons. The summed E-state index contributed by atoms with van der Waals surface area (Å²) in [6, 6.07) is 6.84. The summed E-state index contributed by atoms with van der Waals surface area (Å²) < 4.78 is 0. The van der Waals surface area contributed by atoms with Crippen molar-refractivity contribution in [2.45, 2.75) is 13.5 Å². The molecular weight excluding hydrogens is 240 g/mol. The van der Waals surface area contributed by atoms with Gasteiger partial charge in [0.05, 0.1) is 0 Å². The maximum absolute atomic E-state index is 11.5. The summed E-state index contributed by atoms with van der Waals surface area (Å²) in [5, 5.41) is 2.74. The quantitative estimate of drug-likeness (QED) is 0.777. The van der Waals surface area contributed by atoms with Crippen LogP contribution in [0.25, 0.3) is 0 Å². The lowest BCUT2D eigenvalue weighted by atomic mass is 10.1. The SMILES string of the molecule is CC(CCl)C(=O)NCc1cccc(C(N)=O)c1. The van der Waals surface area contributed by atoms with Crippen molar-refractivity contribution in [3.63, 3.8) is 0 Å². The molecule has 0 aliphatic rings. The van der Waals surface area contributed by atoms with Gasteiger partial charge in [-0.2, -0.15) is 0 Å². The van der Waals surface area contributed by atoms with Gasteiger partial charge in [-0.15, -0.1) is 11.6 Å². The molecule has 0 heterocycles. The normalized spacial score (nSPS) is 11.9. The van der Waals surface area contributed by atoms with Gasteiger partial charge in [0.1, 0.15) is 0 Å². The summed E-state index contributed by atoms with van der Waals surface area (Å²) in [5.41, 5.74) is 6.43. The van der Waals surface area contributed by atoms with Crippen molar-refractivity contribution in [1.29, 1.82) is 0 Å². The third-order valence-electron chi connectivity index (χ3n) is 2.36. The van der Waals surface area contributed by atoms with Gasteiger partial charge in [0.15, 0.2) is 0 Å². The van der Waals surface area contributed by atoms with Gasteiger partial charge in [0, 0.05) is 23.9 Å². The zero-order valence-electron chi connectivity index (χ0n) is 9.57. The van der Waals surface area contributed by atoms with Crippen molar-refractivity contribution >= 4 is 23.4 Å². The first kappa shape index (κ1) is 13.5. The molecule has 0 fully saturated rings. The molecule has 0 spiro atoms. The molecule has 5 heteroatoms. The Hall–Kier alpha value is -1.55. The van der Waals surface area contributed by atoms with Crippen LogP contribution in [-0.4, -0.2) is 17.7 Å². The van der Waals surface area contributed by atoms with Crippen LogP contribution in [0.3, 0.4) is 0 Å². The van der Waals surface area contributed by atoms with E-state index in [1.165, 1.54) is 0 Å². The molecule has 1 aromatic carbocycles. The molecule has 2 amide bonds. The van der Waals surface area contributed by atoms with Gasteiger partial charge in [-0.3, -0.25) is 9.59 Å². The monoisotopic (exact) mass is 254 g/mol. The van der Waals surface area contributed by atoms with Crippen LogP contribution in [0.4, 0.5) is 0 Å². The predicted molar refractivity (Wildman–Crippen MR) is 66.7 cm³/mol. The van der Waals surface area contributed by atoms with Crippen LogP contribution < -0.4 is 11.1 Å². The average Bonchev–Trinajstić information content (AvgIpc) is 2.35. The van der Waals surface area contributed by atoms with E-state index in [0.717, 1.165) is 5.56 Å². The number of hydrogen-bond acceptors (Lipinski definition) is 2. The fraction of sp³-hybridized carbons (Fsp3) is 0.333. The van der Waals surface area contributed by atoms with Crippen LogP contribution in [0, 0.1) is 5.92 Å². The molecule has 4 nitrogen and oxygen atoms in total. The number of nitrogens with one attached hydrogen (secondary N) is 1. The lowest BCUT2D eigenvalue weighted by Crippen LogP contribution is -2.29. The molecule has 1 unspecified atom stereocenters. The minimum absolute atomic E-state index is 0.107. The van der Waals surface area contributed by atoms with E-state index in [1.807, 2.05) is 6.07 Å². The largest absolute Gasteiger partial charge is 0.366 e. The Kier molecular flexibility index (Phi) is 4.97. The molecule has 1 aromatic rings. The van der Waals surface area contributed by atoms with E-state index in [1.54, 1.807) is 25.1 Å². The Morgan fingerprint density at radius 2 is 2.18 bits per heavy atom. The molecule has 0 aliphatic heterocycles. The highest BCUT2D eigenvalue weighted by molar-refractivity contribution is 6.19. The average molecular weight is 255 g/mol. The zero-order chi connectivity index (χ0) is 12.8. The Morgan fingerprint density at radius 3 is 2.76 bits per heavy atom. The minimum atomic E-state index is -0.479. The van der Waals surface area contributed by atoms with E-state index in [4.69, 9.17) is 17.3 Å². The van der Waals surface area contributed by atoms with Gasteiger partial charge < -0.3 is 11.1 Å². The minimum Gasteiger partial charge on any atom is -0.366 e. The highest BCUT2D eigenvalue weighted by Crippen LogP contribution is 2.05. The highest BCUT2D eigenvalue weighted by atomic mass is 35.5. The first-order valence-corrected chi connectivity index (χ1v) is 5.80. The smallest absolute Gasteiger partial charge is 0.248 e. The molecule has 0 saturated heterocycles. The van der Waals surface area contributed by atoms with E-state index < -0.39 is 5.91 Å². The number of benzene rings is 1. The molecule has 3 N–H and O–H groups in total. The molecule has 17 heavy (non-hydrogen) atoms. The summed E-state index contributed by atoms with van der Waals surface area (Å²) in [6.45, 7) is 2.11. The lowest BCUT2D eigenvalue weighted by molar-refractivity contribution is -0.124. The fourth-order valence-corrected chi connectivity index (χ4v) is 1.41. The number of alkyl halides is 1. The number of carbonyl (C=O) groups is 2. The van der Waals surface area contributed by atoms with Crippen LogP contribution in [0.2, 0.25) is 0 Å². The number of nitrogens with two attached hydrogens (primary N) is 1. The maximum atomic E-state index is 11.5. The van der Waals surface area contributed by atoms with Gasteiger partial charge in [0.25, 0.3) is 0 Å². The second-order valence-corrected chi connectivity index (χ2v) is 4.15. The van der Waals surface area contributed by atoms with Crippen LogP contribution >= 0.6 is 11.6 Å². The number of hydrogen-bond donors (Lipinski definition) is 2. The van der Waals surface area contributed by atoms with Crippen molar-refractivity contribution in [2.75, 3.05) is 5.88 Å². The van der Waals surface area contributed by atoms with Gasteiger partial charge in [0.2, 0.25) is 11.8 Å². The third-order valence-corrected chi connectivity index (χ3v) is 2.82. The number of amides is 2. The van der Waals surface area contributed by atoms with Crippen LogP contribution in [-0.2, 0) is 11.3 Å². The van der Waals surface area contributed by atoms with E-state index in [0.29, 0.717) is 12.1 Å². The van der Waals surface area contributed by atoms with Crippen LogP contribution in [0.1, 0.15) is 22.8 Å². The predicted octanol–water partition coefficient (Wildman–Crippen LogP) is 1.28. The Morgan fingerprint density at radius 1 is 1.47 bits per heavy atom. The number of carbonyl (C=O) groups excluding carboxylic acids is 2. The van der Waals surface area contributed by atoms with Crippen molar-refractivity contribution in [3.05, 3.63) is 35.4 Å². The van der Waals surface area contributed by atoms with Crippen molar-refractivity contribution in [1.82, 2.24) is 5.32 Å². The first-order valence-electron chi connectivity index (χ1n) is 5.27. The lowest BCUT2D eigenvalue weighted by Gasteiger charge is -2.09. The second-order valence-electron chi connectivity index (χ2n) is 3.84. The Balaban J connectivity index is 2.60. The van der Waals surface area contributed by atoms with Gasteiger partial charge in [-0.1, -0.05) is 19.1 Å². The van der Waals surface area contributed by atoms with E-state index >= 15 is 0 Å². The second kappa shape index (κ2) is 6.25. The van der Waals surface area contributed by atoms with E-state index in [9.17, 15) is 9.59 Å². The number of halogens is 1. The van der Waals surface area contributed by atoms with Gasteiger partial charge in [-0.25, -0.2) is 0 Å². The van der Waals surface area contributed by atoms with Gasteiger partial charge in [-0.05, 0) is 17.7 Å². The standard InChI is InChI=1S/C12H15ClN2O2/c1-8(6-13)12(17)15-7-9-3-2-4-10(5-9)11(14)16/h2-5,8H,6-7H2,1H3,(H2,14,16)(H,15,17). The van der Waals surface area contributed by atoms with Gasteiger partial charge >= 0.3 is 0 Å². The summed E-state index contributed by atoms with van der Waals surface area (Å²) in [4.78, 5) is 22.4. The maximum Gasteiger partial charge on any atom is 0.248 e. The molecule has 0 saturated carbocycles. The molecule has 1 rings (SSSR count). The third kappa shape index (κ3) is 4.07. The van der Waals surface area contributed by atoms with E-state index in [2.05, 4.69) is 5.32 Å². The zero-order valence-corrected chi connectivity index (χ0v) is 10.3. The van der Waals surface area contributed by atoms with Crippen molar-refractivity contribution < 1.29 is 9.59 Å². The molecule has 0 radical (unpaired) electrons. The molecule has 0 aliphatic carbocycles. The Labute approximate surface area is 105 Å². The fourth-order valence-electron chi connectivity index (χ4n) is 1.27. The molecular formula is C12H15ClN2O2. The summed E-state index contributed by atoms with van der Waals surface area (Å²) >= 11 is 5.57. The molecule has 1 atom stereocenters. The summed E-state index contributed by atoms with van der Waals surface area (Å²) in [7, 11) is 0. The Bertz CT molecular complexity index is 421. The van der Waals surface area contributed by atoms with Crippen molar-refractivity contribution in [3.8, 4) is 0 Å². The molecule has 0 bridgehead atoms. The van der Waals surface area contributed by atoms with Crippen LogP contribution in [0.15, 0.2) is 24.3 Å². The van der Waals surface area contributed by atoms with Crippen LogP contribution in [0.5, 0.6) is 0 Å². The van der Waals surface area contributed by atoms with Crippen molar-refractivity contribution in [2.24, 2.45) is 11.7 Å². The summed E-state index contributed by atoms with van der Waals surface area (Å²) in [5.74, 6) is -0.527. The summed E-state index contributed by atoms with van der Waals surface area (Å²) in [6.07, 6.45) is 0. The number of rotatable bonds is 5. The number of primary amides is 1. The first-order chi connectivity index (χ1) is 8.04. The highest BCUT2D eigenvalue weighted by Gasteiger charge is 2.10. The topological polar surface area (TPSA) is 72.2 Å². The van der Waals surface area contributed by atoms with E-state index in [-0.39, 0.29) is 17.7 Å².